The van der Waals surface area contributed by atoms with Crippen LogP contribution in [0.1, 0.15) is 78.4 Å². The zero-order valence-electron chi connectivity index (χ0n) is 33.9. The fourth-order valence-corrected chi connectivity index (χ4v) is 10.6. The smallest absolute Gasteiger partial charge is 0.336 e. The number of aliphatic hydroxyl groups is 2. The minimum absolute atomic E-state index is 0.0153. The van der Waals surface area contributed by atoms with Crippen molar-refractivity contribution in [1.82, 2.24) is 9.44 Å². The maximum absolute atomic E-state index is 12.1. The van der Waals surface area contributed by atoms with Crippen LogP contribution in [0.3, 0.4) is 0 Å². The molecule has 0 aromatic heterocycles. The number of aryl methyl sites for hydroxylation is 2. The van der Waals surface area contributed by atoms with Gasteiger partial charge in [0.2, 0.25) is 0 Å². The van der Waals surface area contributed by atoms with E-state index < -0.39 is 73.7 Å². The van der Waals surface area contributed by atoms with Crippen LogP contribution in [0, 0.1) is 0 Å². The Morgan fingerprint density at radius 3 is 1.26 bits per heavy atom. The molecule has 0 saturated carbocycles. The molecule has 0 spiro atoms. The van der Waals surface area contributed by atoms with E-state index in [4.69, 9.17) is 17.2 Å². The fraction of sp³-hybridized carbons (Fsp3) is 0.684. The largest absolute Gasteiger partial charge is 0.412 e. The van der Waals surface area contributed by atoms with Gasteiger partial charge in [0.05, 0.1) is 49.7 Å². The summed E-state index contributed by atoms with van der Waals surface area (Å²) >= 11 is 0. The van der Waals surface area contributed by atoms with Crippen LogP contribution >= 0.6 is 0 Å². The summed E-state index contributed by atoms with van der Waals surface area (Å²) in [5.41, 5.74) is 2.21. The quantitative estimate of drug-likeness (QED) is 0.187. The molecule has 4 N–H and O–H groups in total. The topological polar surface area (TPSA) is 170 Å². The molecule has 4 rings (SSSR count). The van der Waals surface area contributed by atoms with Crippen LogP contribution in [0.25, 0.3) is 0 Å². The molecule has 2 saturated heterocycles. The van der Waals surface area contributed by atoms with Crippen LogP contribution in [0.5, 0.6) is 0 Å². The molecule has 54 heavy (non-hydrogen) atoms. The molecular weight excluding hydrogens is 765 g/mol. The highest BCUT2D eigenvalue weighted by Gasteiger charge is 2.45. The lowest BCUT2D eigenvalue weighted by Crippen LogP contribution is -2.55. The van der Waals surface area contributed by atoms with Gasteiger partial charge < -0.3 is 19.1 Å². The first-order chi connectivity index (χ1) is 24.8. The molecule has 16 heteroatoms. The van der Waals surface area contributed by atoms with Gasteiger partial charge in [-0.1, -0.05) is 102 Å². The lowest BCUT2D eigenvalue weighted by Gasteiger charge is -2.41. The normalized spacial score (nSPS) is 25.0. The monoisotopic (exact) mass is 830 g/mol. The first-order valence-corrected chi connectivity index (χ1v) is 27.6. The number of hydrogen-bond acceptors (Lipinski definition) is 10. The van der Waals surface area contributed by atoms with Crippen LogP contribution in [0.4, 0.5) is 0 Å². The van der Waals surface area contributed by atoms with E-state index in [1.54, 1.807) is 0 Å². The first-order valence-electron chi connectivity index (χ1n) is 19.0. The van der Waals surface area contributed by atoms with Crippen molar-refractivity contribution in [2.24, 2.45) is 0 Å². The molecule has 0 unspecified atom stereocenters. The van der Waals surface area contributed by atoms with E-state index >= 15 is 0 Å². The van der Waals surface area contributed by atoms with E-state index in [1.165, 1.54) is 0 Å². The maximum Gasteiger partial charge on any atom is 0.336 e. The van der Waals surface area contributed by atoms with Crippen LogP contribution in [-0.4, -0.2) is 93.4 Å². The van der Waals surface area contributed by atoms with E-state index in [1.807, 2.05) is 60.7 Å². The van der Waals surface area contributed by atoms with E-state index in [2.05, 4.69) is 77.2 Å². The van der Waals surface area contributed by atoms with Crippen LogP contribution in [0.15, 0.2) is 60.7 Å². The molecule has 308 valence electrons. The van der Waals surface area contributed by atoms with E-state index in [9.17, 15) is 27.0 Å². The van der Waals surface area contributed by atoms with Crippen molar-refractivity contribution < 1.29 is 44.3 Å². The summed E-state index contributed by atoms with van der Waals surface area (Å²) in [4.78, 5) is 0. The van der Waals surface area contributed by atoms with Crippen molar-refractivity contribution in [3.63, 3.8) is 0 Å². The van der Waals surface area contributed by atoms with Gasteiger partial charge in [0.15, 0.2) is 16.6 Å². The van der Waals surface area contributed by atoms with Crippen LogP contribution in [-0.2, 0) is 50.7 Å². The van der Waals surface area contributed by atoms with Gasteiger partial charge >= 0.3 is 20.6 Å². The zero-order valence-corrected chi connectivity index (χ0v) is 37.5. The van der Waals surface area contributed by atoms with Crippen LogP contribution in [0.2, 0.25) is 36.3 Å². The van der Waals surface area contributed by atoms with Gasteiger partial charge in [-0.25, -0.2) is 0 Å². The summed E-state index contributed by atoms with van der Waals surface area (Å²) in [7, 11) is -12.1. The van der Waals surface area contributed by atoms with Gasteiger partial charge in [0.1, 0.15) is 0 Å². The standard InChI is InChI=1S/2C19H33NO5SSi/c2*1-19(2,3)27(4,5)25-17-13-14-24-26(22,23)20-18(17)16(21)12-11-15-9-7-6-8-10-15/h2*6-10,16-18,20-21H,11-14H2,1-5H3/t2*16-,17+,18-/m00/s1. The highest BCUT2D eigenvalue weighted by atomic mass is 32.2. The molecule has 2 heterocycles. The second-order valence-corrected chi connectivity index (χ2v) is 29.7. The Labute approximate surface area is 327 Å². The van der Waals surface area contributed by atoms with Gasteiger partial charge in [-0.15, -0.1) is 0 Å². The number of aliphatic hydroxyl groups excluding tert-OH is 2. The summed E-state index contributed by atoms with van der Waals surface area (Å²) in [6, 6.07) is 18.2. The Bertz CT molecular complexity index is 1530. The Hall–Kier alpha value is -1.55. The molecule has 2 aromatic carbocycles. The van der Waals surface area contributed by atoms with E-state index in [0.29, 0.717) is 38.5 Å². The maximum atomic E-state index is 12.1. The fourth-order valence-electron chi connectivity index (χ4n) is 5.77. The van der Waals surface area contributed by atoms with Gasteiger partial charge in [-0.2, -0.15) is 26.3 Å². The summed E-state index contributed by atoms with van der Waals surface area (Å²) in [6.07, 6.45) is 0.471. The Kier molecular flexibility index (Phi) is 16.7. The molecule has 6 atom stereocenters. The average Bonchev–Trinajstić information content (AvgIpc) is 3.31. The molecule has 0 bridgehead atoms. The minimum Gasteiger partial charge on any atom is -0.412 e. The average molecular weight is 831 g/mol. The zero-order chi connectivity index (χ0) is 40.6. The molecule has 0 radical (unpaired) electrons. The van der Waals surface area contributed by atoms with Crippen molar-refractivity contribution in [2.45, 2.75) is 153 Å². The number of rotatable bonds is 12. The van der Waals surface area contributed by atoms with Crippen molar-refractivity contribution in [2.75, 3.05) is 13.2 Å². The van der Waals surface area contributed by atoms with Crippen LogP contribution < -0.4 is 9.44 Å². The third-order valence-corrected chi connectivity index (χ3v) is 22.2. The van der Waals surface area contributed by atoms with Crippen molar-refractivity contribution in [3.05, 3.63) is 71.8 Å². The highest BCUT2D eigenvalue weighted by molar-refractivity contribution is 7.85. The number of nitrogens with one attached hydrogen (secondary N) is 2. The van der Waals surface area contributed by atoms with Gasteiger partial charge in [0, 0.05) is 0 Å². The molecule has 2 aromatic rings. The Morgan fingerprint density at radius 2 is 0.963 bits per heavy atom. The van der Waals surface area contributed by atoms with E-state index in [0.717, 1.165) is 11.1 Å². The molecule has 2 fully saturated rings. The first kappa shape index (κ1) is 46.8. The second kappa shape index (κ2) is 19.3. The van der Waals surface area contributed by atoms with E-state index in [-0.39, 0.29) is 23.3 Å². The predicted molar refractivity (Wildman–Crippen MR) is 219 cm³/mol. The Balaban J connectivity index is 0.000000290. The number of benzene rings is 2. The summed E-state index contributed by atoms with van der Waals surface area (Å²) in [5.74, 6) is 0. The minimum atomic E-state index is -3.89. The summed E-state index contributed by atoms with van der Waals surface area (Å²) in [5, 5.41) is 21.6. The molecule has 2 aliphatic rings. The lowest BCUT2D eigenvalue weighted by molar-refractivity contribution is 0.0461. The van der Waals surface area contributed by atoms with Gasteiger partial charge in [-0.05, 0) is 85.9 Å². The third kappa shape index (κ3) is 14.4. The Morgan fingerprint density at radius 1 is 0.648 bits per heavy atom. The number of hydrogen-bond donors (Lipinski definition) is 4. The molecule has 12 nitrogen and oxygen atoms in total. The molecular formula is C38H66N2O10S2Si2. The SMILES string of the molecule is CC(C)(C)[Si](C)(C)O[C@@H]1CCOS(=O)(=O)N[C@H]1[C@@H](O)CCc1ccccc1.CC(C)(C)[Si](C)(C)O[C@@H]1CCOS(=O)(=O)N[C@H]1[C@@H](O)CCc1ccccc1. The summed E-state index contributed by atoms with van der Waals surface area (Å²) < 4.78 is 76.2. The molecule has 0 aliphatic carbocycles. The third-order valence-electron chi connectivity index (χ3n) is 11.1. The predicted octanol–water partition coefficient (Wildman–Crippen LogP) is 5.99. The highest BCUT2D eigenvalue weighted by Crippen LogP contribution is 2.40. The van der Waals surface area contributed by atoms with Gasteiger partial charge in [0.25, 0.3) is 0 Å². The molecule has 2 aliphatic heterocycles. The van der Waals surface area contributed by atoms with Crippen molar-refractivity contribution in [3.8, 4) is 0 Å². The summed E-state index contributed by atoms with van der Waals surface area (Å²) in [6.45, 7) is 21.4. The lowest BCUT2D eigenvalue weighted by atomic mass is 9.97. The van der Waals surface area contributed by atoms with Crippen molar-refractivity contribution in [1.29, 1.82) is 0 Å². The van der Waals surface area contributed by atoms with Crippen molar-refractivity contribution >= 4 is 37.2 Å². The molecule has 0 amide bonds. The van der Waals surface area contributed by atoms with Gasteiger partial charge in [-0.3, -0.25) is 8.37 Å². The second-order valence-electron chi connectivity index (χ2n) is 17.4.